The van der Waals surface area contributed by atoms with Gasteiger partial charge in [-0.15, -0.1) is 0 Å². The molecule has 1 saturated heterocycles. The van der Waals surface area contributed by atoms with E-state index in [1.54, 1.807) is 24.1 Å². The van der Waals surface area contributed by atoms with Gasteiger partial charge < -0.3 is 19.9 Å². The second-order valence-corrected chi connectivity index (χ2v) is 5.93. The fourth-order valence-corrected chi connectivity index (χ4v) is 3.10. The van der Waals surface area contributed by atoms with Crippen molar-refractivity contribution in [2.24, 2.45) is 5.92 Å². The van der Waals surface area contributed by atoms with Crippen molar-refractivity contribution in [1.29, 1.82) is 0 Å². The summed E-state index contributed by atoms with van der Waals surface area (Å²) in [7, 11) is 1.57. The topological polar surface area (TPSA) is 61.9 Å². The highest BCUT2D eigenvalue weighted by molar-refractivity contribution is 5.91. The van der Waals surface area contributed by atoms with Gasteiger partial charge in [-0.3, -0.25) is 4.79 Å². The number of carbonyl (C=O) groups excluding carboxylic acids is 2. The number of amides is 3. The third kappa shape index (κ3) is 4.19. The Morgan fingerprint density at radius 2 is 2.00 bits per heavy atom. The van der Waals surface area contributed by atoms with Crippen LogP contribution in [0.4, 0.5) is 10.5 Å². The molecule has 3 amide bonds. The smallest absolute Gasteiger partial charge is 0.321 e. The molecule has 1 aromatic rings. The summed E-state index contributed by atoms with van der Waals surface area (Å²) < 4.78 is 5.26. The van der Waals surface area contributed by atoms with E-state index in [9.17, 15) is 9.59 Å². The van der Waals surface area contributed by atoms with Gasteiger partial charge in [0.1, 0.15) is 5.75 Å². The molecule has 6 heteroatoms. The predicted molar refractivity (Wildman–Crippen MR) is 94.2 cm³/mol. The monoisotopic (exact) mass is 333 g/mol. The van der Waals surface area contributed by atoms with Crippen LogP contribution in [0.3, 0.4) is 0 Å². The first-order valence-corrected chi connectivity index (χ1v) is 8.58. The van der Waals surface area contributed by atoms with Gasteiger partial charge in [0.25, 0.3) is 0 Å². The molecule has 1 N–H and O–H groups in total. The van der Waals surface area contributed by atoms with Crippen LogP contribution >= 0.6 is 0 Å². The van der Waals surface area contributed by atoms with E-state index in [0.29, 0.717) is 37.6 Å². The zero-order chi connectivity index (χ0) is 17.5. The number of carbonyl (C=O) groups is 2. The molecular weight excluding hydrogens is 306 g/mol. The van der Waals surface area contributed by atoms with Crippen LogP contribution in [0.15, 0.2) is 24.3 Å². The number of urea groups is 1. The van der Waals surface area contributed by atoms with Crippen LogP contribution in [0.25, 0.3) is 0 Å². The molecule has 0 saturated carbocycles. The van der Waals surface area contributed by atoms with E-state index in [-0.39, 0.29) is 17.9 Å². The minimum Gasteiger partial charge on any atom is -0.495 e. The number of hydrogen-bond donors (Lipinski definition) is 1. The molecule has 0 aliphatic carbocycles. The lowest BCUT2D eigenvalue weighted by Gasteiger charge is -2.34. The Morgan fingerprint density at radius 3 is 2.67 bits per heavy atom. The van der Waals surface area contributed by atoms with Gasteiger partial charge in [-0.1, -0.05) is 12.1 Å². The lowest BCUT2D eigenvalue weighted by atomic mass is 9.96. The Kier molecular flexibility index (Phi) is 6.46. The minimum absolute atomic E-state index is 0.109. The van der Waals surface area contributed by atoms with Crippen LogP contribution < -0.4 is 10.1 Å². The summed E-state index contributed by atoms with van der Waals surface area (Å²) in [6.45, 7) is 6.52. The van der Waals surface area contributed by atoms with Crippen LogP contribution in [0.2, 0.25) is 0 Å². The van der Waals surface area contributed by atoms with Crippen molar-refractivity contribution in [1.82, 2.24) is 9.80 Å². The van der Waals surface area contributed by atoms with Crippen molar-refractivity contribution in [3.63, 3.8) is 0 Å². The number of nitrogens with zero attached hydrogens (tertiary/aromatic N) is 2. The number of hydrogen-bond acceptors (Lipinski definition) is 3. The molecule has 1 aliphatic rings. The zero-order valence-electron chi connectivity index (χ0n) is 14.7. The highest BCUT2D eigenvalue weighted by Crippen LogP contribution is 2.25. The SMILES string of the molecule is CCN(CC)C(=O)C1CCCN(C(=O)Nc2ccccc2OC)C1. The van der Waals surface area contributed by atoms with E-state index in [1.165, 1.54) is 0 Å². The normalized spacial score (nSPS) is 17.3. The third-order valence-electron chi connectivity index (χ3n) is 4.48. The summed E-state index contributed by atoms with van der Waals surface area (Å²) >= 11 is 0. The van der Waals surface area contributed by atoms with Gasteiger partial charge in [0.05, 0.1) is 18.7 Å². The Balaban J connectivity index is 2.01. The van der Waals surface area contributed by atoms with Crippen molar-refractivity contribution >= 4 is 17.6 Å². The maximum atomic E-state index is 12.5. The summed E-state index contributed by atoms with van der Waals surface area (Å²) in [5, 5.41) is 2.88. The van der Waals surface area contributed by atoms with E-state index >= 15 is 0 Å². The fourth-order valence-electron chi connectivity index (χ4n) is 3.10. The van der Waals surface area contributed by atoms with Gasteiger partial charge in [0, 0.05) is 26.2 Å². The number of nitrogens with one attached hydrogen (secondary N) is 1. The summed E-state index contributed by atoms with van der Waals surface area (Å²) in [5.74, 6) is 0.662. The first kappa shape index (κ1) is 18.1. The first-order chi connectivity index (χ1) is 11.6. The number of para-hydroxylation sites is 2. The average molecular weight is 333 g/mol. The number of methoxy groups -OCH3 is 1. The lowest BCUT2D eigenvalue weighted by Crippen LogP contribution is -2.47. The van der Waals surface area contributed by atoms with E-state index in [1.807, 2.05) is 30.9 Å². The molecule has 0 bridgehead atoms. The van der Waals surface area contributed by atoms with Gasteiger partial charge >= 0.3 is 6.03 Å². The summed E-state index contributed by atoms with van der Waals surface area (Å²) in [6, 6.07) is 7.13. The second kappa shape index (κ2) is 8.57. The molecule has 24 heavy (non-hydrogen) atoms. The number of anilines is 1. The Morgan fingerprint density at radius 1 is 1.29 bits per heavy atom. The predicted octanol–water partition coefficient (Wildman–Crippen LogP) is 2.81. The summed E-state index contributed by atoms with van der Waals surface area (Å²) in [5.41, 5.74) is 0.641. The van der Waals surface area contributed by atoms with E-state index in [0.717, 1.165) is 12.8 Å². The molecule has 1 fully saturated rings. The maximum absolute atomic E-state index is 12.5. The molecule has 0 radical (unpaired) electrons. The van der Waals surface area contributed by atoms with E-state index in [2.05, 4.69) is 5.32 Å². The Hall–Kier alpha value is -2.24. The maximum Gasteiger partial charge on any atom is 0.321 e. The van der Waals surface area contributed by atoms with E-state index < -0.39 is 0 Å². The Labute approximate surface area is 143 Å². The van der Waals surface area contributed by atoms with Crippen molar-refractivity contribution in [2.75, 3.05) is 38.6 Å². The number of likely N-dealkylation sites (tertiary alicyclic amines) is 1. The highest BCUT2D eigenvalue weighted by Gasteiger charge is 2.30. The number of ether oxygens (including phenoxy) is 1. The standard InChI is InChI=1S/C18H27N3O3/c1-4-20(5-2)17(22)14-9-8-12-21(13-14)18(23)19-15-10-6-7-11-16(15)24-3/h6-7,10-11,14H,4-5,8-9,12-13H2,1-3H3,(H,19,23). The van der Waals surface area contributed by atoms with E-state index in [4.69, 9.17) is 4.74 Å². The largest absolute Gasteiger partial charge is 0.495 e. The van der Waals surface area contributed by atoms with Crippen molar-refractivity contribution in [3.8, 4) is 5.75 Å². The average Bonchev–Trinajstić information content (AvgIpc) is 2.63. The van der Waals surface area contributed by atoms with Crippen molar-refractivity contribution in [2.45, 2.75) is 26.7 Å². The molecular formula is C18H27N3O3. The van der Waals surface area contributed by atoms with Gasteiger partial charge in [-0.05, 0) is 38.8 Å². The van der Waals surface area contributed by atoms with Gasteiger partial charge in [-0.2, -0.15) is 0 Å². The van der Waals surface area contributed by atoms with Crippen LogP contribution in [-0.2, 0) is 4.79 Å². The number of rotatable bonds is 5. The summed E-state index contributed by atoms with van der Waals surface area (Å²) in [4.78, 5) is 28.6. The molecule has 1 unspecified atom stereocenters. The zero-order valence-corrected chi connectivity index (χ0v) is 14.7. The van der Waals surface area contributed by atoms with Crippen molar-refractivity contribution < 1.29 is 14.3 Å². The van der Waals surface area contributed by atoms with Gasteiger partial charge in [0.15, 0.2) is 0 Å². The molecule has 1 heterocycles. The molecule has 1 atom stereocenters. The summed E-state index contributed by atoms with van der Waals surface area (Å²) in [6.07, 6.45) is 1.69. The fraction of sp³-hybridized carbons (Fsp3) is 0.556. The minimum atomic E-state index is -0.184. The van der Waals surface area contributed by atoms with Gasteiger partial charge in [-0.25, -0.2) is 4.79 Å². The Bertz CT molecular complexity index is 572. The van der Waals surface area contributed by atoms with Crippen molar-refractivity contribution in [3.05, 3.63) is 24.3 Å². The molecule has 2 rings (SSSR count). The molecule has 0 spiro atoms. The second-order valence-electron chi connectivity index (χ2n) is 5.93. The van der Waals surface area contributed by atoms with Gasteiger partial charge in [0.2, 0.25) is 5.91 Å². The molecule has 0 aromatic heterocycles. The van der Waals surface area contributed by atoms with Crippen LogP contribution in [0, 0.1) is 5.92 Å². The molecule has 132 valence electrons. The molecule has 1 aliphatic heterocycles. The quantitative estimate of drug-likeness (QED) is 0.901. The highest BCUT2D eigenvalue weighted by atomic mass is 16.5. The number of benzene rings is 1. The lowest BCUT2D eigenvalue weighted by molar-refractivity contribution is -0.136. The van der Waals surface area contributed by atoms with Crippen LogP contribution in [0.1, 0.15) is 26.7 Å². The first-order valence-electron chi connectivity index (χ1n) is 8.58. The van der Waals surface area contributed by atoms with Crippen LogP contribution in [0.5, 0.6) is 5.75 Å². The molecule has 1 aromatic carbocycles. The van der Waals surface area contributed by atoms with Crippen LogP contribution in [-0.4, -0.2) is 55.0 Å². The number of piperidine rings is 1. The third-order valence-corrected chi connectivity index (χ3v) is 4.48. The molecule has 6 nitrogen and oxygen atoms in total.